The van der Waals surface area contributed by atoms with Gasteiger partial charge in [0.2, 0.25) is 0 Å². The molecule has 0 heterocycles. The summed E-state index contributed by atoms with van der Waals surface area (Å²) in [7, 11) is 0. The van der Waals surface area contributed by atoms with Crippen LogP contribution in [0, 0.1) is 17.6 Å². The highest BCUT2D eigenvalue weighted by molar-refractivity contribution is 5.63. The highest BCUT2D eigenvalue weighted by Gasteiger charge is 2.21. The maximum Gasteiger partial charge on any atom is 0.159 e. The Morgan fingerprint density at radius 3 is 2.05 bits per heavy atom. The van der Waals surface area contributed by atoms with Gasteiger partial charge in [-0.15, -0.1) is 0 Å². The van der Waals surface area contributed by atoms with Gasteiger partial charge in [0.25, 0.3) is 0 Å². The summed E-state index contributed by atoms with van der Waals surface area (Å²) in [6, 6.07) is 12.0. The molecule has 1 nitrogen and oxygen atoms in total. The van der Waals surface area contributed by atoms with Crippen LogP contribution in [0.4, 0.5) is 8.78 Å². The lowest BCUT2D eigenvalue weighted by atomic mass is 9.79. The predicted octanol–water partition coefficient (Wildman–Crippen LogP) is 5.10. The molecule has 0 bridgehead atoms. The van der Waals surface area contributed by atoms with E-state index in [1.165, 1.54) is 11.6 Å². The van der Waals surface area contributed by atoms with Crippen LogP contribution in [0.1, 0.15) is 37.2 Å². The Labute approximate surface area is 129 Å². The van der Waals surface area contributed by atoms with Gasteiger partial charge in [-0.05, 0) is 60.4 Å². The van der Waals surface area contributed by atoms with Crippen LogP contribution in [-0.2, 0) is 4.79 Å². The van der Waals surface area contributed by atoms with Gasteiger partial charge < -0.3 is 4.79 Å². The minimum absolute atomic E-state index is 0.220. The van der Waals surface area contributed by atoms with E-state index in [4.69, 9.17) is 0 Å². The second-order valence-electron chi connectivity index (χ2n) is 6.00. The van der Waals surface area contributed by atoms with Gasteiger partial charge in [-0.2, -0.15) is 0 Å². The number of hydrogen-bond donors (Lipinski definition) is 0. The molecule has 0 atom stereocenters. The van der Waals surface area contributed by atoms with Crippen molar-refractivity contribution in [2.45, 2.75) is 31.6 Å². The molecule has 0 saturated heterocycles. The number of rotatable bonds is 3. The van der Waals surface area contributed by atoms with Crippen LogP contribution in [0.3, 0.4) is 0 Å². The van der Waals surface area contributed by atoms with Crippen molar-refractivity contribution in [2.75, 3.05) is 0 Å². The lowest BCUT2D eigenvalue weighted by Crippen LogP contribution is -2.14. The zero-order valence-corrected chi connectivity index (χ0v) is 12.3. The van der Waals surface area contributed by atoms with E-state index in [-0.39, 0.29) is 5.92 Å². The van der Waals surface area contributed by atoms with Gasteiger partial charge >= 0.3 is 0 Å². The van der Waals surface area contributed by atoms with Crippen molar-refractivity contribution >= 4 is 6.29 Å². The highest BCUT2D eigenvalue weighted by Crippen LogP contribution is 2.35. The monoisotopic (exact) mass is 300 g/mol. The third kappa shape index (κ3) is 3.08. The predicted molar refractivity (Wildman–Crippen MR) is 82.6 cm³/mol. The second kappa shape index (κ2) is 6.39. The first-order chi connectivity index (χ1) is 10.7. The van der Waals surface area contributed by atoms with E-state index >= 15 is 0 Å². The third-order valence-corrected chi connectivity index (χ3v) is 4.60. The number of hydrogen-bond acceptors (Lipinski definition) is 1. The fourth-order valence-electron chi connectivity index (χ4n) is 3.21. The van der Waals surface area contributed by atoms with Crippen LogP contribution < -0.4 is 0 Å². The van der Waals surface area contributed by atoms with Gasteiger partial charge in [0.05, 0.1) is 0 Å². The van der Waals surface area contributed by atoms with E-state index in [1.54, 1.807) is 6.07 Å². The molecule has 0 radical (unpaired) electrons. The molecular formula is C19H18F2O. The Hall–Kier alpha value is -2.03. The third-order valence-electron chi connectivity index (χ3n) is 4.60. The molecule has 0 aromatic heterocycles. The molecule has 2 aromatic carbocycles. The molecule has 0 aliphatic heterocycles. The molecule has 1 saturated carbocycles. The molecule has 114 valence electrons. The quantitative estimate of drug-likeness (QED) is 0.720. The standard InChI is InChI=1S/C19H18F2O/c20-18-10-9-17(11-19(18)21)16-7-5-15(6-8-16)14-3-1-13(12-22)2-4-14/h5-14H,1-4H2. The van der Waals surface area contributed by atoms with Crippen molar-refractivity contribution in [3.05, 3.63) is 59.7 Å². The van der Waals surface area contributed by atoms with Crippen molar-refractivity contribution in [3.8, 4) is 11.1 Å². The normalized spacial score (nSPS) is 21.5. The van der Waals surface area contributed by atoms with E-state index in [1.807, 2.05) is 12.1 Å². The summed E-state index contributed by atoms with van der Waals surface area (Å²) >= 11 is 0. The lowest BCUT2D eigenvalue weighted by molar-refractivity contribution is -0.111. The van der Waals surface area contributed by atoms with E-state index < -0.39 is 11.6 Å². The number of aldehydes is 1. The van der Waals surface area contributed by atoms with Gasteiger partial charge in [0, 0.05) is 5.92 Å². The number of carbonyl (C=O) groups excluding carboxylic acids is 1. The van der Waals surface area contributed by atoms with Crippen molar-refractivity contribution in [3.63, 3.8) is 0 Å². The van der Waals surface area contributed by atoms with Gasteiger partial charge in [-0.25, -0.2) is 8.78 Å². The van der Waals surface area contributed by atoms with Crippen LogP contribution >= 0.6 is 0 Å². The minimum Gasteiger partial charge on any atom is -0.303 e. The topological polar surface area (TPSA) is 17.1 Å². The van der Waals surface area contributed by atoms with E-state index in [2.05, 4.69) is 12.1 Å². The van der Waals surface area contributed by atoms with Crippen LogP contribution in [0.25, 0.3) is 11.1 Å². The lowest BCUT2D eigenvalue weighted by Gasteiger charge is -2.25. The largest absolute Gasteiger partial charge is 0.303 e. The molecule has 1 aliphatic carbocycles. The first-order valence-corrected chi connectivity index (χ1v) is 7.68. The Morgan fingerprint density at radius 1 is 0.818 bits per heavy atom. The molecule has 22 heavy (non-hydrogen) atoms. The zero-order chi connectivity index (χ0) is 15.5. The Morgan fingerprint density at radius 2 is 1.45 bits per heavy atom. The van der Waals surface area contributed by atoms with Gasteiger partial charge in [-0.3, -0.25) is 0 Å². The molecule has 2 aromatic rings. The average Bonchev–Trinajstić information content (AvgIpc) is 2.58. The fourth-order valence-corrected chi connectivity index (χ4v) is 3.21. The van der Waals surface area contributed by atoms with Gasteiger partial charge in [-0.1, -0.05) is 30.3 Å². The van der Waals surface area contributed by atoms with Crippen molar-refractivity contribution in [2.24, 2.45) is 5.92 Å². The Kier molecular flexibility index (Phi) is 4.32. The first kappa shape index (κ1) is 14.9. The van der Waals surface area contributed by atoms with Crippen LogP contribution in [-0.4, -0.2) is 6.29 Å². The van der Waals surface area contributed by atoms with E-state index in [0.717, 1.165) is 43.6 Å². The average molecular weight is 300 g/mol. The smallest absolute Gasteiger partial charge is 0.159 e. The maximum atomic E-state index is 13.3. The Bertz CT molecular complexity index is 656. The molecule has 1 aliphatic rings. The first-order valence-electron chi connectivity index (χ1n) is 7.68. The molecule has 3 heteroatoms. The maximum absolute atomic E-state index is 13.3. The van der Waals surface area contributed by atoms with Gasteiger partial charge in [0.15, 0.2) is 11.6 Å². The fraction of sp³-hybridized carbons (Fsp3) is 0.316. The Balaban J connectivity index is 1.75. The van der Waals surface area contributed by atoms with Crippen LogP contribution in [0.2, 0.25) is 0 Å². The molecular weight excluding hydrogens is 282 g/mol. The van der Waals surface area contributed by atoms with Crippen molar-refractivity contribution < 1.29 is 13.6 Å². The van der Waals surface area contributed by atoms with E-state index in [9.17, 15) is 13.6 Å². The van der Waals surface area contributed by atoms with Crippen molar-refractivity contribution in [1.29, 1.82) is 0 Å². The summed E-state index contributed by atoms with van der Waals surface area (Å²) in [6.45, 7) is 0. The molecule has 0 amide bonds. The number of halogens is 2. The summed E-state index contributed by atoms with van der Waals surface area (Å²) in [5, 5.41) is 0. The highest BCUT2D eigenvalue weighted by atomic mass is 19.2. The summed E-state index contributed by atoms with van der Waals surface area (Å²) in [4.78, 5) is 10.8. The molecule has 3 rings (SSSR count). The van der Waals surface area contributed by atoms with Gasteiger partial charge in [0.1, 0.15) is 6.29 Å². The zero-order valence-electron chi connectivity index (χ0n) is 12.3. The number of carbonyl (C=O) groups is 1. The van der Waals surface area contributed by atoms with Crippen LogP contribution in [0.15, 0.2) is 42.5 Å². The summed E-state index contributed by atoms with van der Waals surface area (Å²) in [5.41, 5.74) is 2.81. The van der Waals surface area contributed by atoms with E-state index in [0.29, 0.717) is 11.5 Å². The second-order valence-corrected chi connectivity index (χ2v) is 6.00. The molecule has 0 unspecified atom stereocenters. The summed E-state index contributed by atoms with van der Waals surface area (Å²) in [5.74, 6) is -0.936. The van der Waals surface area contributed by atoms with Crippen LogP contribution in [0.5, 0.6) is 0 Å². The summed E-state index contributed by atoms with van der Waals surface area (Å²) < 4.78 is 26.3. The SMILES string of the molecule is O=CC1CCC(c2ccc(-c3ccc(F)c(F)c3)cc2)CC1. The molecule has 0 N–H and O–H groups in total. The molecule has 1 fully saturated rings. The summed E-state index contributed by atoms with van der Waals surface area (Å²) in [6.07, 6.45) is 5.06. The van der Waals surface area contributed by atoms with Crippen molar-refractivity contribution in [1.82, 2.24) is 0 Å². The number of benzene rings is 2. The minimum atomic E-state index is -0.827. The molecule has 0 spiro atoms.